The van der Waals surface area contributed by atoms with Crippen LogP contribution in [0.1, 0.15) is 56.8 Å². The van der Waals surface area contributed by atoms with Gasteiger partial charge in [-0.1, -0.05) is 27.2 Å². The summed E-state index contributed by atoms with van der Waals surface area (Å²) in [6, 6.07) is 2.07. The number of amides is 1. The second kappa shape index (κ2) is 6.77. The minimum Gasteiger partial charge on any atom is -0.369 e. The number of carbonyl (C=O) groups is 1. The van der Waals surface area contributed by atoms with E-state index in [2.05, 4.69) is 52.3 Å². The Kier molecular flexibility index (Phi) is 5.25. The van der Waals surface area contributed by atoms with Crippen LogP contribution in [-0.2, 0) is 0 Å². The minimum absolute atomic E-state index is 0.0395. The van der Waals surface area contributed by atoms with Crippen molar-refractivity contribution in [2.45, 2.75) is 52.5 Å². The third kappa shape index (κ3) is 3.96. The average molecular weight is 354 g/mol. The predicted octanol–water partition coefficient (Wildman–Crippen LogP) is 3.97. The number of hydrogen-bond acceptors (Lipinski definition) is 3. The number of hydrogen-bond donors (Lipinski definition) is 2. The molecule has 1 atom stereocenters. The predicted molar refractivity (Wildman–Crippen MR) is 89.6 cm³/mol. The van der Waals surface area contributed by atoms with Gasteiger partial charge in [0, 0.05) is 23.3 Å². The van der Waals surface area contributed by atoms with Crippen molar-refractivity contribution in [1.29, 1.82) is 0 Å². The van der Waals surface area contributed by atoms with E-state index in [-0.39, 0.29) is 17.4 Å². The van der Waals surface area contributed by atoms with Crippen LogP contribution >= 0.6 is 15.9 Å². The fourth-order valence-electron chi connectivity index (χ4n) is 2.83. The standard InChI is InChI=1S/C16H24BrN3O/c1-4-8-18-14-12(9-11(17)10-19-14)15(21)20-13-6-5-7-16(13,2)3/h9-10,13H,4-8H2,1-3H3,(H,18,19)(H,20,21). The molecule has 1 fully saturated rings. The summed E-state index contributed by atoms with van der Waals surface area (Å²) in [4.78, 5) is 16.9. The molecular weight excluding hydrogens is 330 g/mol. The second-order valence-corrected chi connectivity index (χ2v) is 7.30. The lowest BCUT2D eigenvalue weighted by Crippen LogP contribution is -2.41. The summed E-state index contributed by atoms with van der Waals surface area (Å²) in [5, 5.41) is 6.41. The van der Waals surface area contributed by atoms with Crippen molar-refractivity contribution >= 4 is 27.7 Å². The Labute approximate surface area is 135 Å². The first-order chi connectivity index (χ1) is 9.94. The molecule has 0 aliphatic heterocycles. The first-order valence-corrected chi connectivity index (χ1v) is 8.43. The number of rotatable bonds is 5. The Morgan fingerprint density at radius 2 is 2.29 bits per heavy atom. The summed E-state index contributed by atoms with van der Waals surface area (Å²) < 4.78 is 0.820. The van der Waals surface area contributed by atoms with Gasteiger partial charge in [-0.2, -0.15) is 0 Å². The van der Waals surface area contributed by atoms with Crippen LogP contribution in [0.5, 0.6) is 0 Å². The van der Waals surface area contributed by atoms with Crippen molar-refractivity contribution in [3.05, 3.63) is 22.3 Å². The highest BCUT2D eigenvalue weighted by atomic mass is 79.9. The lowest BCUT2D eigenvalue weighted by Gasteiger charge is -2.28. The molecule has 1 heterocycles. The van der Waals surface area contributed by atoms with Crippen molar-refractivity contribution in [2.24, 2.45) is 5.41 Å². The number of aromatic nitrogens is 1. The largest absolute Gasteiger partial charge is 0.369 e. The number of halogens is 1. The van der Waals surface area contributed by atoms with E-state index in [4.69, 9.17) is 0 Å². The molecule has 5 heteroatoms. The molecule has 1 aromatic rings. The fraction of sp³-hybridized carbons (Fsp3) is 0.625. The van der Waals surface area contributed by atoms with Crippen LogP contribution in [0.25, 0.3) is 0 Å². The van der Waals surface area contributed by atoms with Gasteiger partial charge in [0.25, 0.3) is 5.91 Å². The van der Waals surface area contributed by atoms with Crippen LogP contribution in [0.4, 0.5) is 5.82 Å². The first kappa shape index (κ1) is 16.3. The first-order valence-electron chi connectivity index (χ1n) is 7.64. The van der Waals surface area contributed by atoms with Gasteiger partial charge in [-0.05, 0) is 46.7 Å². The normalized spacial score (nSPS) is 20.3. The van der Waals surface area contributed by atoms with Gasteiger partial charge in [0.2, 0.25) is 0 Å². The van der Waals surface area contributed by atoms with E-state index in [1.54, 1.807) is 6.20 Å². The van der Waals surface area contributed by atoms with Crippen LogP contribution in [0, 0.1) is 5.41 Å². The van der Waals surface area contributed by atoms with Gasteiger partial charge < -0.3 is 10.6 Å². The van der Waals surface area contributed by atoms with Crippen LogP contribution in [-0.4, -0.2) is 23.5 Å². The number of pyridine rings is 1. The maximum atomic E-state index is 12.6. The molecule has 116 valence electrons. The third-order valence-electron chi connectivity index (χ3n) is 4.20. The zero-order valence-corrected chi connectivity index (χ0v) is 14.6. The van der Waals surface area contributed by atoms with Gasteiger partial charge >= 0.3 is 0 Å². The van der Waals surface area contributed by atoms with Crippen molar-refractivity contribution in [2.75, 3.05) is 11.9 Å². The molecule has 21 heavy (non-hydrogen) atoms. The summed E-state index contributed by atoms with van der Waals surface area (Å²) >= 11 is 3.40. The SMILES string of the molecule is CCCNc1ncc(Br)cc1C(=O)NC1CCCC1(C)C. The molecular formula is C16H24BrN3O. The van der Waals surface area contributed by atoms with E-state index < -0.39 is 0 Å². The fourth-order valence-corrected chi connectivity index (χ4v) is 3.16. The molecule has 1 aliphatic carbocycles. The molecule has 1 aromatic heterocycles. The lowest BCUT2D eigenvalue weighted by atomic mass is 9.87. The summed E-state index contributed by atoms with van der Waals surface area (Å²) in [5.74, 6) is 0.621. The summed E-state index contributed by atoms with van der Waals surface area (Å²) in [5.41, 5.74) is 0.784. The van der Waals surface area contributed by atoms with Gasteiger partial charge in [-0.15, -0.1) is 0 Å². The van der Waals surface area contributed by atoms with Crippen LogP contribution in [0.15, 0.2) is 16.7 Å². The molecule has 2 N–H and O–H groups in total. The molecule has 4 nitrogen and oxygen atoms in total. The summed E-state index contributed by atoms with van der Waals surface area (Å²) in [7, 11) is 0. The number of carbonyl (C=O) groups excluding carboxylic acids is 1. The Hall–Kier alpha value is -1.10. The monoisotopic (exact) mass is 353 g/mol. The molecule has 0 saturated heterocycles. The molecule has 2 rings (SSSR count). The Bertz CT molecular complexity index is 516. The van der Waals surface area contributed by atoms with Gasteiger partial charge in [-0.3, -0.25) is 4.79 Å². The molecule has 1 aliphatic rings. The molecule has 0 bridgehead atoms. The third-order valence-corrected chi connectivity index (χ3v) is 4.64. The van der Waals surface area contributed by atoms with Crippen molar-refractivity contribution in [3.8, 4) is 0 Å². The van der Waals surface area contributed by atoms with E-state index >= 15 is 0 Å². The summed E-state index contributed by atoms with van der Waals surface area (Å²) in [6.07, 6.45) is 6.10. The van der Waals surface area contributed by atoms with Crippen LogP contribution in [0.2, 0.25) is 0 Å². The van der Waals surface area contributed by atoms with E-state index in [0.717, 1.165) is 30.3 Å². The summed E-state index contributed by atoms with van der Waals surface area (Å²) in [6.45, 7) is 7.34. The Morgan fingerprint density at radius 3 is 2.90 bits per heavy atom. The zero-order valence-electron chi connectivity index (χ0n) is 13.0. The molecule has 1 unspecified atom stereocenters. The van der Waals surface area contributed by atoms with Gasteiger partial charge in [0.05, 0.1) is 5.56 Å². The molecule has 0 aromatic carbocycles. The van der Waals surface area contributed by atoms with E-state index in [1.165, 1.54) is 6.42 Å². The number of nitrogens with one attached hydrogen (secondary N) is 2. The molecule has 0 spiro atoms. The maximum Gasteiger partial charge on any atom is 0.255 e. The average Bonchev–Trinajstić information content (AvgIpc) is 2.76. The Balaban J connectivity index is 2.16. The van der Waals surface area contributed by atoms with Crippen molar-refractivity contribution < 1.29 is 4.79 Å². The molecule has 0 radical (unpaired) electrons. The highest BCUT2D eigenvalue weighted by Gasteiger charge is 2.35. The lowest BCUT2D eigenvalue weighted by molar-refractivity contribution is 0.0910. The highest BCUT2D eigenvalue weighted by molar-refractivity contribution is 9.10. The van der Waals surface area contributed by atoms with Gasteiger partial charge in [0.15, 0.2) is 0 Å². The van der Waals surface area contributed by atoms with Crippen LogP contribution < -0.4 is 10.6 Å². The van der Waals surface area contributed by atoms with Gasteiger partial charge in [-0.25, -0.2) is 4.98 Å². The second-order valence-electron chi connectivity index (χ2n) is 6.38. The molecule has 1 saturated carbocycles. The highest BCUT2D eigenvalue weighted by Crippen LogP contribution is 2.37. The van der Waals surface area contributed by atoms with Crippen molar-refractivity contribution in [3.63, 3.8) is 0 Å². The molecule has 1 amide bonds. The van der Waals surface area contributed by atoms with E-state index in [9.17, 15) is 4.79 Å². The van der Waals surface area contributed by atoms with Crippen LogP contribution in [0.3, 0.4) is 0 Å². The van der Waals surface area contributed by atoms with E-state index in [1.807, 2.05) is 6.07 Å². The van der Waals surface area contributed by atoms with Crippen molar-refractivity contribution in [1.82, 2.24) is 10.3 Å². The quantitative estimate of drug-likeness (QED) is 0.841. The topological polar surface area (TPSA) is 54.0 Å². The maximum absolute atomic E-state index is 12.6. The Morgan fingerprint density at radius 1 is 1.52 bits per heavy atom. The minimum atomic E-state index is -0.0395. The smallest absolute Gasteiger partial charge is 0.255 e. The van der Waals surface area contributed by atoms with E-state index in [0.29, 0.717) is 11.4 Å². The zero-order chi connectivity index (χ0) is 15.5. The number of nitrogens with zero attached hydrogens (tertiary/aromatic N) is 1. The number of anilines is 1. The van der Waals surface area contributed by atoms with Gasteiger partial charge in [0.1, 0.15) is 5.82 Å².